The van der Waals surface area contributed by atoms with Gasteiger partial charge in [0.2, 0.25) is 0 Å². The minimum Gasteiger partial charge on any atom is -0.484 e. The number of aliphatic hydroxyl groups excluding tert-OH is 1. The Morgan fingerprint density at radius 3 is 2.94 bits per heavy atom. The lowest BCUT2D eigenvalue weighted by atomic mass is 9.98. The summed E-state index contributed by atoms with van der Waals surface area (Å²) in [7, 11) is 0. The van der Waals surface area contributed by atoms with Crippen molar-refractivity contribution in [3.05, 3.63) is 50.6 Å². The molecule has 2 aromatic rings. The second-order valence-corrected chi connectivity index (χ2v) is 5.92. The van der Waals surface area contributed by atoms with Gasteiger partial charge in [0.05, 0.1) is 6.10 Å². The van der Waals surface area contributed by atoms with Crippen LogP contribution in [0.1, 0.15) is 29.1 Å². The number of benzene rings is 1. The molecule has 3 rings (SSSR count). The van der Waals surface area contributed by atoms with Gasteiger partial charge >= 0.3 is 0 Å². The zero-order valence-corrected chi connectivity index (χ0v) is 11.4. The van der Waals surface area contributed by atoms with Gasteiger partial charge in [-0.15, -0.1) is 11.3 Å². The van der Waals surface area contributed by atoms with E-state index >= 15 is 0 Å². The van der Waals surface area contributed by atoms with Gasteiger partial charge in [0.1, 0.15) is 11.9 Å². The maximum Gasteiger partial charge on any atom is 0.136 e. The van der Waals surface area contributed by atoms with E-state index in [4.69, 9.17) is 4.74 Å². The number of thiophene rings is 1. The Hall–Kier alpha value is -0.840. The molecule has 0 bridgehead atoms. The van der Waals surface area contributed by atoms with Crippen molar-refractivity contribution in [1.29, 1.82) is 0 Å². The van der Waals surface area contributed by atoms with Gasteiger partial charge in [-0.05, 0) is 28.1 Å². The third-order valence-electron chi connectivity index (χ3n) is 2.89. The quantitative estimate of drug-likeness (QED) is 0.860. The van der Waals surface area contributed by atoms with Gasteiger partial charge < -0.3 is 9.84 Å². The first-order valence-corrected chi connectivity index (χ1v) is 7.09. The highest BCUT2D eigenvalue weighted by Gasteiger charge is 2.28. The van der Waals surface area contributed by atoms with Crippen LogP contribution in [-0.2, 0) is 0 Å². The van der Waals surface area contributed by atoms with Crippen LogP contribution in [0.5, 0.6) is 5.75 Å². The summed E-state index contributed by atoms with van der Waals surface area (Å²) >= 11 is 5.09. The number of aliphatic hydroxyl groups is 1. The van der Waals surface area contributed by atoms with E-state index < -0.39 is 6.10 Å². The van der Waals surface area contributed by atoms with Crippen molar-refractivity contribution in [2.24, 2.45) is 0 Å². The molecule has 0 saturated heterocycles. The van der Waals surface area contributed by atoms with Crippen LogP contribution in [0, 0.1) is 0 Å². The van der Waals surface area contributed by atoms with Crippen molar-refractivity contribution >= 4 is 27.3 Å². The van der Waals surface area contributed by atoms with Crippen molar-refractivity contribution in [1.82, 2.24) is 0 Å². The summed E-state index contributed by atoms with van der Waals surface area (Å²) in [5.41, 5.74) is 0.888. The Morgan fingerprint density at radius 2 is 2.18 bits per heavy atom. The van der Waals surface area contributed by atoms with Crippen molar-refractivity contribution in [3.63, 3.8) is 0 Å². The fourth-order valence-corrected chi connectivity index (χ4v) is 3.55. The van der Waals surface area contributed by atoms with Crippen LogP contribution in [0.4, 0.5) is 0 Å². The molecule has 88 valence electrons. The van der Waals surface area contributed by atoms with Crippen LogP contribution in [-0.4, -0.2) is 5.11 Å². The van der Waals surface area contributed by atoms with Crippen LogP contribution >= 0.6 is 27.3 Å². The van der Waals surface area contributed by atoms with Gasteiger partial charge in [-0.1, -0.05) is 18.2 Å². The molecule has 1 unspecified atom stereocenters. The van der Waals surface area contributed by atoms with Crippen molar-refractivity contribution < 1.29 is 9.84 Å². The Labute approximate surface area is 112 Å². The molecular weight excluding hydrogens is 300 g/mol. The average Bonchev–Trinajstić information content (AvgIpc) is 2.76. The molecule has 1 aromatic heterocycles. The van der Waals surface area contributed by atoms with Gasteiger partial charge in [-0.2, -0.15) is 0 Å². The molecule has 1 aliphatic rings. The average molecular weight is 311 g/mol. The molecule has 1 aromatic carbocycles. The lowest BCUT2D eigenvalue weighted by Crippen LogP contribution is -2.18. The van der Waals surface area contributed by atoms with Gasteiger partial charge in [-0.3, -0.25) is 0 Å². The Balaban J connectivity index is 1.93. The summed E-state index contributed by atoms with van der Waals surface area (Å²) in [5.74, 6) is 0.792. The van der Waals surface area contributed by atoms with E-state index in [-0.39, 0.29) is 6.10 Å². The number of rotatable bonds is 1. The van der Waals surface area contributed by atoms with E-state index in [2.05, 4.69) is 22.0 Å². The maximum absolute atomic E-state index is 10.1. The van der Waals surface area contributed by atoms with Gasteiger partial charge in [0.25, 0.3) is 0 Å². The Morgan fingerprint density at radius 1 is 1.35 bits per heavy atom. The van der Waals surface area contributed by atoms with Crippen LogP contribution in [0.2, 0.25) is 0 Å². The molecule has 1 N–H and O–H groups in total. The number of hydrogen-bond acceptors (Lipinski definition) is 3. The molecule has 2 atom stereocenters. The highest BCUT2D eigenvalue weighted by molar-refractivity contribution is 9.10. The molecular formula is C13H11BrO2S. The van der Waals surface area contributed by atoms with Crippen LogP contribution in [0.25, 0.3) is 0 Å². The molecule has 0 fully saturated rings. The fraction of sp³-hybridized carbons (Fsp3) is 0.231. The normalized spacial score (nSPS) is 22.9. The highest BCUT2D eigenvalue weighted by Crippen LogP contribution is 2.42. The van der Waals surface area contributed by atoms with E-state index in [9.17, 15) is 5.11 Å². The molecule has 0 amide bonds. The molecule has 0 saturated carbocycles. The predicted molar refractivity (Wildman–Crippen MR) is 71.4 cm³/mol. The summed E-state index contributed by atoms with van der Waals surface area (Å²) in [6, 6.07) is 9.73. The highest BCUT2D eigenvalue weighted by atomic mass is 79.9. The predicted octanol–water partition coefficient (Wildman–Crippen LogP) is 4.07. The third kappa shape index (κ3) is 2.12. The Bertz CT molecular complexity index is 538. The van der Waals surface area contributed by atoms with Gasteiger partial charge in [0.15, 0.2) is 0 Å². The van der Waals surface area contributed by atoms with Crippen molar-refractivity contribution in [3.8, 4) is 5.75 Å². The molecule has 2 heterocycles. The summed E-state index contributed by atoms with van der Waals surface area (Å²) < 4.78 is 7.00. The van der Waals surface area contributed by atoms with Gasteiger partial charge in [0, 0.05) is 26.7 Å². The minimum absolute atomic E-state index is 0.0452. The fourth-order valence-electron chi connectivity index (χ4n) is 2.07. The molecule has 2 nitrogen and oxygen atoms in total. The van der Waals surface area contributed by atoms with Crippen LogP contribution in [0.15, 0.2) is 40.2 Å². The standard InChI is InChI=1S/C13H11BrO2S/c14-8-5-13(17-7-8)12-6-10(15)9-3-1-2-4-11(9)16-12/h1-5,7,10,12,15H,6H2/t10-,12?/m0/s1. The second-order valence-electron chi connectivity index (χ2n) is 4.06. The maximum atomic E-state index is 10.1. The summed E-state index contributed by atoms with van der Waals surface area (Å²) in [5, 5.41) is 12.1. The topological polar surface area (TPSA) is 29.5 Å². The molecule has 0 aliphatic carbocycles. The summed E-state index contributed by atoms with van der Waals surface area (Å²) in [6.45, 7) is 0. The Kier molecular flexibility index (Phi) is 2.94. The van der Waals surface area contributed by atoms with Gasteiger partial charge in [-0.25, -0.2) is 0 Å². The number of fused-ring (bicyclic) bond motifs is 1. The van der Waals surface area contributed by atoms with E-state index in [0.717, 1.165) is 20.7 Å². The first kappa shape index (κ1) is 11.3. The molecule has 17 heavy (non-hydrogen) atoms. The monoisotopic (exact) mass is 310 g/mol. The van der Waals surface area contributed by atoms with E-state index in [1.54, 1.807) is 11.3 Å². The second kappa shape index (κ2) is 4.44. The number of para-hydroxylation sites is 1. The molecule has 0 spiro atoms. The lowest BCUT2D eigenvalue weighted by molar-refractivity contribution is 0.0674. The first-order valence-electron chi connectivity index (χ1n) is 5.41. The minimum atomic E-state index is -0.439. The third-order valence-corrected chi connectivity index (χ3v) is 4.68. The van der Waals surface area contributed by atoms with E-state index in [0.29, 0.717) is 6.42 Å². The smallest absolute Gasteiger partial charge is 0.136 e. The van der Waals surface area contributed by atoms with Crippen LogP contribution < -0.4 is 4.74 Å². The largest absolute Gasteiger partial charge is 0.484 e. The number of halogens is 1. The molecule has 4 heteroatoms. The van der Waals surface area contributed by atoms with Crippen LogP contribution in [0.3, 0.4) is 0 Å². The molecule has 1 aliphatic heterocycles. The zero-order valence-electron chi connectivity index (χ0n) is 8.97. The number of hydrogen-bond donors (Lipinski definition) is 1. The van der Waals surface area contributed by atoms with E-state index in [1.807, 2.05) is 29.6 Å². The number of ether oxygens (including phenoxy) is 1. The summed E-state index contributed by atoms with van der Waals surface area (Å²) in [6.07, 6.45) is 0.131. The zero-order chi connectivity index (χ0) is 11.8. The SMILES string of the molecule is O[C@H]1CC(c2cc(Br)cs2)Oc2ccccc21. The van der Waals surface area contributed by atoms with E-state index in [1.165, 1.54) is 0 Å². The first-order chi connectivity index (χ1) is 8.24. The van der Waals surface area contributed by atoms with Crippen molar-refractivity contribution in [2.75, 3.05) is 0 Å². The van der Waals surface area contributed by atoms with Crippen molar-refractivity contribution in [2.45, 2.75) is 18.6 Å². The summed E-state index contributed by atoms with van der Waals surface area (Å²) in [4.78, 5) is 1.14. The molecule has 0 radical (unpaired) electrons. The lowest BCUT2D eigenvalue weighted by Gasteiger charge is -2.28.